The van der Waals surface area contributed by atoms with Gasteiger partial charge in [-0.25, -0.2) is 0 Å². The Morgan fingerprint density at radius 2 is 2.07 bits per heavy atom. The van der Waals surface area contributed by atoms with Crippen LogP contribution >= 0.6 is 0 Å². The van der Waals surface area contributed by atoms with Crippen LogP contribution in [0.25, 0.3) is 11.1 Å². The van der Waals surface area contributed by atoms with Gasteiger partial charge in [0.25, 0.3) is 5.91 Å². The van der Waals surface area contributed by atoms with Crippen LogP contribution in [0.3, 0.4) is 0 Å². The molecule has 1 fully saturated rings. The first-order chi connectivity index (χ1) is 14.5. The van der Waals surface area contributed by atoms with Crippen molar-refractivity contribution < 1.29 is 9.53 Å². The van der Waals surface area contributed by atoms with Crippen molar-refractivity contribution >= 4 is 5.91 Å². The van der Waals surface area contributed by atoms with Crippen molar-refractivity contribution in [2.45, 2.75) is 25.5 Å². The van der Waals surface area contributed by atoms with E-state index in [9.17, 15) is 4.79 Å². The molecule has 30 heavy (non-hydrogen) atoms. The van der Waals surface area contributed by atoms with Crippen LogP contribution in [0.2, 0.25) is 0 Å². The van der Waals surface area contributed by atoms with Gasteiger partial charge in [0.1, 0.15) is 0 Å². The average Bonchev–Trinajstić information content (AvgIpc) is 3.07. The molecule has 1 amide bonds. The third kappa shape index (κ3) is 4.13. The lowest BCUT2D eigenvalue weighted by molar-refractivity contribution is -0.157. The zero-order valence-corrected chi connectivity index (χ0v) is 17.4. The molecule has 1 aliphatic rings. The van der Waals surface area contributed by atoms with Crippen LogP contribution in [0.5, 0.6) is 0 Å². The molecule has 0 spiro atoms. The second kappa shape index (κ2) is 8.38. The summed E-state index contributed by atoms with van der Waals surface area (Å²) in [5.41, 5.74) is 10.2. The third-order valence-electron chi connectivity index (χ3n) is 5.86. The van der Waals surface area contributed by atoms with Crippen LogP contribution in [-0.4, -0.2) is 50.9 Å². The normalized spacial score (nSPS) is 19.7. The molecule has 7 heteroatoms. The minimum atomic E-state index is -1.05. The molecule has 0 unspecified atom stereocenters. The fraction of sp³-hybridized carbons (Fsp3) is 0.348. The van der Waals surface area contributed by atoms with Crippen molar-refractivity contribution in [1.29, 1.82) is 0 Å². The molecule has 0 radical (unpaired) electrons. The Morgan fingerprint density at radius 3 is 2.77 bits per heavy atom. The number of carbonyl (C=O) groups excluding carboxylic acids is 1. The molecule has 1 atom stereocenters. The number of nitrogens with two attached hydrogens (primary N) is 1. The molecule has 3 aromatic rings. The van der Waals surface area contributed by atoms with Gasteiger partial charge in [0.2, 0.25) is 0 Å². The van der Waals surface area contributed by atoms with Gasteiger partial charge in [0.05, 0.1) is 12.8 Å². The zero-order chi connectivity index (χ0) is 21.1. The minimum Gasteiger partial charge on any atom is -0.367 e. The van der Waals surface area contributed by atoms with Gasteiger partial charge >= 0.3 is 0 Å². The summed E-state index contributed by atoms with van der Waals surface area (Å²) in [4.78, 5) is 19.0. The number of amides is 1. The highest BCUT2D eigenvalue weighted by Gasteiger charge is 2.42. The van der Waals surface area contributed by atoms with Gasteiger partial charge in [-0.3, -0.25) is 19.4 Å². The molecule has 4 rings (SSSR count). The number of carbonyl (C=O) groups is 1. The number of primary amides is 1. The zero-order valence-electron chi connectivity index (χ0n) is 17.4. The number of rotatable bonds is 6. The number of ether oxygens (including phenoxy) is 1. The van der Waals surface area contributed by atoms with E-state index in [4.69, 9.17) is 10.5 Å². The van der Waals surface area contributed by atoms with E-state index in [2.05, 4.69) is 21.0 Å². The first kappa shape index (κ1) is 20.3. The van der Waals surface area contributed by atoms with E-state index in [1.165, 1.54) is 0 Å². The van der Waals surface area contributed by atoms with E-state index in [1.807, 2.05) is 61.4 Å². The van der Waals surface area contributed by atoms with Crippen LogP contribution in [0.15, 0.2) is 55.0 Å². The number of aryl methyl sites for hydroxylation is 1. The van der Waals surface area contributed by atoms with Gasteiger partial charge in [0.15, 0.2) is 5.60 Å². The molecule has 156 valence electrons. The molecular weight excluding hydrogens is 378 g/mol. The van der Waals surface area contributed by atoms with Crippen LogP contribution in [0.4, 0.5) is 0 Å². The van der Waals surface area contributed by atoms with Crippen molar-refractivity contribution in [3.8, 4) is 11.1 Å². The molecule has 2 aromatic heterocycles. The first-order valence-corrected chi connectivity index (χ1v) is 10.1. The van der Waals surface area contributed by atoms with E-state index >= 15 is 0 Å². The minimum absolute atomic E-state index is 0.429. The lowest BCUT2D eigenvalue weighted by atomic mass is 9.90. The average molecular weight is 406 g/mol. The maximum absolute atomic E-state index is 12.5. The summed E-state index contributed by atoms with van der Waals surface area (Å²) in [6.07, 6.45) is 5.90. The Hall–Kier alpha value is -3.03. The van der Waals surface area contributed by atoms with Gasteiger partial charge in [-0.15, -0.1) is 0 Å². The van der Waals surface area contributed by atoms with Gasteiger partial charge < -0.3 is 10.5 Å². The summed E-state index contributed by atoms with van der Waals surface area (Å²) in [6.45, 7) is 4.43. The summed E-state index contributed by atoms with van der Waals surface area (Å²) in [6, 6.07) is 12.1. The monoisotopic (exact) mass is 405 g/mol. The molecule has 1 aromatic carbocycles. The summed E-state index contributed by atoms with van der Waals surface area (Å²) in [7, 11) is 1.93. The second-order valence-electron chi connectivity index (χ2n) is 7.92. The van der Waals surface area contributed by atoms with Crippen molar-refractivity contribution in [3.05, 3.63) is 71.8 Å². The highest BCUT2D eigenvalue weighted by atomic mass is 16.5. The summed E-state index contributed by atoms with van der Waals surface area (Å²) in [5.74, 6) is -0.429. The Bertz CT molecular complexity index is 1030. The highest BCUT2D eigenvalue weighted by molar-refractivity contribution is 5.84. The molecule has 7 nitrogen and oxygen atoms in total. The lowest BCUT2D eigenvalue weighted by Crippen LogP contribution is -2.59. The predicted molar refractivity (Wildman–Crippen MR) is 114 cm³/mol. The summed E-state index contributed by atoms with van der Waals surface area (Å²) < 4.78 is 7.89. The molecule has 2 N–H and O–H groups in total. The summed E-state index contributed by atoms with van der Waals surface area (Å²) >= 11 is 0. The third-order valence-corrected chi connectivity index (χ3v) is 5.86. The van der Waals surface area contributed by atoms with Crippen molar-refractivity contribution in [1.82, 2.24) is 19.7 Å². The second-order valence-corrected chi connectivity index (χ2v) is 7.92. The maximum atomic E-state index is 12.5. The Morgan fingerprint density at radius 1 is 1.23 bits per heavy atom. The Kier molecular flexibility index (Phi) is 5.65. The van der Waals surface area contributed by atoms with E-state index < -0.39 is 11.5 Å². The summed E-state index contributed by atoms with van der Waals surface area (Å²) in [5, 5.41) is 4.32. The standard InChI is InChI=1S/C23H27N5O2/c1-17-21(14-26-27(17)2)15-28-9-10-30-23(16-28,22(24)29)12-18-5-3-6-19(11-18)20-7-4-8-25-13-20/h3-8,11,13-14H,9-10,12,15-16H2,1-2H3,(H2,24,29)/t23-/m0/s1. The van der Waals surface area contributed by atoms with Crippen molar-refractivity contribution in [3.63, 3.8) is 0 Å². The number of hydrogen-bond donors (Lipinski definition) is 1. The van der Waals surface area contributed by atoms with Crippen molar-refractivity contribution in [2.24, 2.45) is 12.8 Å². The molecular formula is C23H27N5O2. The number of hydrogen-bond acceptors (Lipinski definition) is 5. The fourth-order valence-electron chi connectivity index (χ4n) is 4.00. The van der Waals surface area contributed by atoms with Crippen molar-refractivity contribution in [2.75, 3.05) is 19.7 Å². The van der Waals surface area contributed by atoms with Gasteiger partial charge in [-0.05, 0) is 29.7 Å². The van der Waals surface area contributed by atoms with E-state index in [0.29, 0.717) is 26.1 Å². The Labute approximate surface area is 176 Å². The Balaban J connectivity index is 1.56. The quantitative estimate of drug-likeness (QED) is 0.679. The van der Waals surface area contributed by atoms with Crippen LogP contribution in [0.1, 0.15) is 16.8 Å². The molecule has 1 aliphatic heterocycles. The van der Waals surface area contributed by atoms with Crippen LogP contribution < -0.4 is 5.73 Å². The number of benzene rings is 1. The van der Waals surface area contributed by atoms with Gasteiger partial charge in [0, 0.05) is 56.8 Å². The maximum Gasteiger partial charge on any atom is 0.251 e. The number of nitrogens with zero attached hydrogens (tertiary/aromatic N) is 4. The smallest absolute Gasteiger partial charge is 0.251 e. The van der Waals surface area contributed by atoms with Crippen LogP contribution in [-0.2, 0) is 29.5 Å². The lowest BCUT2D eigenvalue weighted by Gasteiger charge is -2.40. The van der Waals surface area contributed by atoms with Gasteiger partial charge in [-0.2, -0.15) is 5.10 Å². The molecule has 0 bridgehead atoms. The fourth-order valence-corrected chi connectivity index (χ4v) is 4.00. The number of aromatic nitrogens is 3. The molecule has 0 saturated carbocycles. The molecule has 0 aliphatic carbocycles. The van der Waals surface area contributed by atoms with E-state index in [1.54, 1.807) is 6.20 Å². The molecule has 3 heterocycles. The predicted octanol–water partition coefficient (Wildman–Crippen LogP) is 2.09. The SMILES string of the molecule is Cc1c(CN2CCO[C@](Cc3cccc(-c4cccnc4)c3)(C(N)=O)C2)cnn1C. The van der Waals surface area contributed by atoms with E-state index in [-0.39, 0.29) is 0 Å². The highest BCUT2D eigenvalue weighted by Crippen LogP contribution is 2.27. The van der Waals surface area contributed by atoms with E-state index in [0.717, 1.165) is 34.5 Å². The van der Waals surface area contributed by atoms with Crippen LogP contribution in [0, 0.1) is 6.92 Å². The number of morpholine rings is 1. The van der Waals surface area contributed by atoms with Gasteiger partial charge in [-0.1, -0.05) is 30.3 Å². The first-order valence-electron chi connectivity index (χ1n) is 10.1. The number of pyridine rings is 1. The topological polar surface area (TPSA) is 86.3 Å². The largest absolute Gasteiger partial charge is 0.367 e. The molecule has 1 saturated heterocycles.